The van der Waals surface area contributed by atoms with Crippen LogP contribution < -0.4 is 20.1 Å². The summed E-state index contributed by atoms with van der Waals surface area (Å²) in [6, 6.07) is 11.4. The molecule has 0 bridgehead atoms. The molecule has 0 saturated carbocycles. The third kappa shape index (κ3) is 3.34. The number of carbonyl (C=O) groups is 1. The summed E-state index contributed by atoms with van der Waals surface area (Å²) in [6.07, 6.45) is 1.93. The number of amides is 1. The Kier molecular flexibility index (Phi) is 4.57. The Labute approximate surface area is 162 Å². The Morgan fingerprint density at radius 1 is 1.07 bits per heavy atom. The molecule has 0 unspecified atom stereocenters. The van der Waals surface area contributed by atoms with Crippen molar-refractivity contribution in [3.63, 3.8) is 0 Å². The largest absolute Gasteiger partial charge is 0.493 e. The van der Waals surface area contributed by atoms with Crippen LogP contribution in [0.1, 0.15) is 11.1 Å². The number of aryl methyl sites for hydroxylation is 1. The number of aromatic nitrogens is 2. The highest BCUT2D eigenvalue weighted by molar-refractivity contribution is 6.00. The number of nitrogens with zero attached hydrogens (tertiary/aromatic N) is 2. The molecule has 2 N–H and O–H groups in total. The van der Waals surface area contributed by atoms with Gasteiger partial charge < -0.3 is 20.1 Å². The first-order valence-electron chi connectivity index (χ1n) is 8.83. The van der Waals surface area contributed by atoms with Crippen LogP contribution in [0.25, 0.3) is 11.3 Å². The number of fused-ring (bicyclic) bond motifs is 3. The van der Waals surface area contributed by atoms with Crippen molar-refractivity contribution >= 4 is 23.2 Å². The van der Waals surface area contributed by atoms with E-state index in [2.05, 4.69) is 20.6 Å². The van der Waals surface area contributed by atoms with E-state index >= 15 is 0 Å². The number of benzene rings is 2. The third-order valence-electron chi connectivity index (χ3n) is 4.56. The molecule has 1 amide bonds. The van der Waals surface area contributed by atoms with Crippen LogP contribution in [0.3, 0.4) is 0 Å². The molecule has 1 aromatic heterocycles. The van der Waals surface area contributed by atoms with Crippen molar-refractivity contribution in [1.82, 2.24) is 9.97 Å². The summed E-state index contributed by atoms with van der Waals surface area (Å²) in [5.74, 6) is 1.62. The Morgan fingerprint density at radius 3 is 2.68 bits per heavy atom. The van der Waals surface area contributed by atoms with Crippen molar-refractivity contribution in [1.29, 1.82) is 0 Å². The molecule has 0 radical (unpaired) electrons. The van der Waals surface area contributed by atoms with Crippen molar-refractivity contribution in [3.8, 4) is 22.8 Å². The lowest BCUT2D eigenvalue weighted by Gasteiger charge is -2.12. The molecule has 0 saturated heterocycles. The van der Waals surface area contributed by atoms with Crippen LogP contribution in [0.4, 0.5) is 17.3 Å². The topological polar surface area (TPSA) is 85.4 Å². The lowest BCUT2D eigenvalue weighted by atomic mass is 10.0. The zero-order valence-electron chi connectivity index (χ0n) is 15.9. The second kappa shape index (κ2) is 7.19. The normalized spacial score (nSPS) is 12.3. The van der Waals surface area contributed by atoms with Crippen LogP contribution in [0.2, 0.25) is 0 Å². The number of ether oxygens (including phenoxy) is 2. The van der Waals surface area contributed by atoms with Crippen LogP contribution >= 0.6 is 0 Å². The van der Waals surface area contributed by atoms with E-state index in [1.54, 1.807) is 20.4 Å². The Balaban J connectivity index is 1.73. The first kappa shape index (κ1) is 17.8. The lowest BCUT2D eigenvalue weighted by Crippen LogP contribution is -2.12. The molecule has 4 rings (SSSR count). The van der Waals surface area contributed by atoms with Gasteiger partial charge in [0.2, 0.25) is 11.9 Å². The van der Waals surface area contributed by atoms with Gasteiger partial charge in [-0.2, -0.15) is 0 Å². The number of rotatable bonds is 4. The monoisotopic (exact) mass is 376 g/mol. The summed E-state index contributed by atoms with van der Waals surface area (Å²) in [5, 5.41) is 6.14. The fourth-order valence-electron chi connectivity index (χ4n) is 3.21. The van der Waals surface area contributed by atoms with Gasteiger partial charge in [0, 0.05) is 29.1 Å². The van der Waals surface area contributed by atoms with Crippen LogP contribution in [0.15, 0.2) is 42.6 Å². The van der Waals surface area contributed by atoms with Gasteiger partial charge in [0.15, 0.2) is 11.5 Å². The number of nitrogens with one attached hydrogen (secondary N) is 2. The number of carbonyl (C=O) groups excluding carboxylic acids is 1. The van der Waals surface area contributed by atoms with E-state index < -0.39 is 0 Å². The van der Waals surface area contributed by atoms with E-state index in [1.165, 1.54) is 0 Å². The van der Waals surface area contributed by atoms with E-state index in [1.807, 2.05) is 43.3 Å². The van der Waals surface area contributed by atoms with Crippen molar-refractivity contribution in [3.05, 3.63) is 53.7 Å². The smallest absolute Gasteiger partial charge is 0.228 e. The van der Waals surface area contributed by atoms with Gasteiger partial charge in [0.05, 0.1) is 32.0 Å². The van der Waals surface area contributed by atoms with E-state index in [-0.39, 0.29) is 12.3 Å². The molecule has 1 aliphatic rings. The molecule has 2 heterocycles. The lowest BCUT2D eigenvalue weighted by molar-refractivity contribution is -0.115. The zero-order valence-corrected chi connectivity index (χ0v) is 15.9. The Bertz CT molecular complexity index is 1070. The SMILES string of the molecule is COc1ccc(Nc2ncc3c(n2)-c2ccc(C)cc2NC(=O)C3)cc1OC. The maximum absolute atomic E-state index is 12.2. The van der Waals surface area contributed by atoms with Crippen LogP contribution in [-0.4, -0.2) is 30.1 Å². The first-order valence-corrected chi connectivity index (χ1v) is 8.83. The quantitative estimate of drug-likeness (QED) is 0.722. The second-order valence-corrected chi connectivity index (χ2v) is 6.54. The predicted molar refractivity (Wildman–Crippen MR) is 107 cm³/mol. The zero-order chi connectivity index (χ0) is 19.7. The molecule has 0 fully saturated rings. The summed E-state index contributed by atoms with van der Waals surface area (Å²) in [7, 11) is 3.18. The Morgan fingerprint density at radius 2 is 1.89 bits per heavy atom. The highest BCUT2D eigenvalue weighted by Gasteiger charge is 2.21. The van der Waals surface area contributed by atoms with Crippen molar-refractivity contribution in [2.45, 2.75) is 13.3 Å². The number of hydrogen-bond donors (Lipinski definition) is 2. The van der Waals surface area contributed by atoms with Gasteiger partial charge in [0.25, 0.3) is 0 Å². The first-order chi connectivity index (χ1) is 13.6. The van der Waals surface area contributed by atoms with Gasteiger partial charge in [-0.1, -0.05) is 12.1 Å². The highest BCUT2D eigenvalue weighted by atomic mass is 16.5. The second-order valence-electron chi connectivity index (χ2n) is 6.54. The van der Waals surface area contributed by atoms with Crippen LogP contribution in [0.5, 0.6) is 11.5 Å². The van der Waals surface area contributed by atoms with Crippen molar-refractivity contribution in [2.24, 2.45) is 0 Å². The molecule has 28 heavy (non-hydrogen) atoms. The molecular formula is C21H20N4O3. The summed E-state index contributed by atoms with van der Waals surface area (Å²) in [5.41, 5.74) is 5.01. The van der Waals surface area contributed by atoms with E-state index in [4.69, 9.17) is 9.47 Å². The van der Waals surface area contributed by atoms with Gasteiger partial charge in [-0.15, -0.1) is 0 Å². The molecule has 1 aliphatic heterocycles. The standard InChI is InChI=1S/C21H20N4O3/c1-12-4-6-15-16(8-12)24-19(26)9-13-11-22-21(25-20(13)15)23-14-5-7-17(27-2)18(10-14)28-3/h4-8,10-11H,9H2,1-3H3,(H,24,26)(H,22,23,25). The minimum Gasteiger partial charge on any atom is -0.493 e. The Hall–Kier alpha value is -3.61. The third-order valence-corrected chi connectivity index (χ3v) is 4.56. The number of methoxy groups -OCH3 is 2. The molecule has 3 aromatic rings. The number of hydrogen-bond acceptors (Lipinski definition) is 6. The van der Waals surface area contributed by atoms with Crippen LogP contribution in [-0.2, 0) is 11.2 Å². The molecule has 7 heteroatoms. The molecule has 7 nitrogen and oxygen atoms in total. The average Bonchev–Trinajstić information content (AvgIpc) is 2.82. The van der Waals surface area contributed by atoms with Gasteiger partial charge in [-0.3, -0.25) is 4.79 Å². The summed E-state index contributed by atoms with van der Waals surface area (Å²) >= 11 is 0. The number of anilines is 3. The summed E-state index contributed by atoms with van der Waals surface area (Å²) in [4.78, 5) is 21.3. The van der Waals surface area contributed by atoms with Crippen molar-refractivity contribution in [2.75, 3.05) is 24.9 Å². The molecule has 0 atom stereocenters. The molecule has 2 aromatic carbocycles. The van der Waals surface area contributed by atoms with Gasteiger partial charge in [0.1, 0.15) is 0 Å². The average molecular weight is 376 g/mol. The minimum atomic E-state index is -0.0743. The molecule has 0 spiro atoms. The van der Waals surface area contributed by atoms with Crippen molar-refractivity contribution < 1.29 is 14.3 Å². The van der Waals surface area contributed by atoms with Gasteiger partial charge in [-0.25, -0.2) is 9.97 Å². The van der Waals surface area contributed by atoms with E-state index in [0.717, 1.165) is 33.8 Å². The van der Waals surface area contributed by atoms with Gasteiger partial charge >= 0.3 is 0 Å². The van der Waals surface area contributed by atoms with Crippen LogP contribution in [0, 0.1) is 6.92 Å². The maximum Gasteiger partial charge on any atom is 0.228 e. The summed E-state index contributed by atoms with van der Waals surface area (Å²) in [6.45, 7) is 1.99. The van der Waals surface area contributed by atoms with E-state index in [9.17, 15) is 4.79 Å². The van der Waals surface area contributed by atoms with E-state index in [0.29, 0.717) is 17.4 Å². The molecular weight excluding hydrogens is 356 g/mol. The molecule has 142 valence electrons. The summed E-state index contributed by atoms with van der Waals surface area (Å²) < 4.78 is 10.6. The molecule has 0 aliphatic carbocycles. The fourth-order valence-corrected chi connectivity index (χ4v) is 3.21. The highest BCUT2D eigenvalue weighted by Crippen LogP contribution is 2.34. The van der Waals surface area contributed by atoms with Gasteiger partial charge in [-0.05, 0) is 30.7 Å². The predicted octanol–water partition coefficient (Wildman–Crippen LogP) is 3.71. The minimum absolute atomic E-state index is 0.0743. The fraction of sp³-hybridized carbons (Fsp3) is 0.190. The maximum atomic E-state index is 12.2.